The lowest BCUT2D eigenvalue weighted by Crippen LogP contribution is -2.32. The van der Waals surface area contributed by atoms with E-state index in [4.69, 9.17) is 5.73 Å². The van der Waals surface area contributed by atoms with Gasteiger partial charge in [-0.25, -0.2) is 0 Å². The van der Waals surface area contributed by atoms with Crippen LogP contribution in [0.15, 0.2) is 0 Å². The molecular weight excluding hydrogens is 193 g/mol. The average Bonchev–Trinajstić information content (AvgIpc) is 2.00. The van der Waals surface area contributed by atoms with Gasteiger partial charge in [-0.3, -0.25) is 0 Å². The van der Waals surface area contributed by atoms with Crippen molar-refractivity contribution in [3.8, 4) is 0 Å². The van der Waals surface area contributed by atoms with Crippen LogP contribution in [-0.2, 0) is 0 Å². The van der Waals surface area contributed by atoms with E-state index in [0.717, 1.165) is 6.42 Å². The van der Waals surface area contributed by atoms with E-state index in [9.17, 15) is 13.2 Å². The molecule has 0 aliphatic heterocycles. The van der Waals surface area contributed by atoms with Gasteiger partial charge in [-0.2, -0.15) is 13.2 Å². The van der Waals surface area contributed by atoms with Crippen LogP contribution < -0.4 is 11.1 Å². The van der Waals surface area contributed by atoms with Crippen LogP contribution in [0.25, 0.3) is 0 Å². The number of nitrogens with one attached hydrogen (secondary N) is 1. The van der Waals surface area contributed by atoms with E-state index in [-0.39, 0.29) is 0 Å². The van der Waals surface area contributed by atoms with E-state index < -0.39 is 18.6 Å². The Morgan fingerprint density at radius 2 is 1.86 bits per heavy atom. The van der Waals surface area contributed by atoms with E-state index in [2.05, 4.69) is 5.32 Å². The van der Waals surface area contributed by atoms with Crippen molar-refractivity contribution in [2.24, 2.45) is 11.7 Å². The zero-order valence-corrected chi connectivity index (χ0v) is 8.69. The summed E-state index contributed by atoms with van der Waals surface area (Å²) in [4.78, 5) is 0. The Hall–Kier alpha value is -0.290. The summed E-state index contributed by atoms with van der Waals surface area (Å²) in [5, 5.41) is 2.83. The van der Waals surface area contributed by atoms with Gasteiger partial charge in [0, 0.05) is 6.04 Å². The summed E-state index contributed by atoms with van der Waals surface area (Å²) in [6, 6.07) is -0.514. The highest BCUT2D eigenvalue weighted by atomic mass is 19.4. The second kappa shape index (κ2) is 6.24. The molecule has 2 unspecified atom stereocenters. The van der Waals surface area contributed by atoms with E-state index in [0.29, 0.717) is 19.0 Å². The number of hydrogen-bond donors (Lipinski definition) is 2. The first-order valence-electron chi connectivity index (χ1n) is 4.85. The van der Waals surface area contributed by atoms with Crippen LogP contribution in [0, 0.1) is 5.92 Å². The molecule has 0 rings (SSSR count). The molecule has 2 nitrogen and oxygen atoms in total. The molecule has 0 amide bonds. The van der Waals surface area contributed by atoms with E-state index >= 15 is 0 Å². The summed E-state index contributed by atoms with van der Waals surface area (Å²) in [7, 11) is 0. The first-order chi connectivity index (χ1) is 6.35. The molecule has 0 fully saturated rings. The molecule has 0 saturated carbocycles. The number of halogens is 3. The first-order valence-corrected chi connectivity index (χ1v) is 4.85. The van der Waals surface area contributed by atoms with E-state index in [1.165, 1.54) is 0 Å². The maximum absolute atomic E-state index is 11.9. The third-order valence-electron chi connectivity index (χ3n) is 2.07. The molecule has 0 aliphatic carbocycles. The van der Waals surface area contributed by atoms with Gasteiger partial charge in [0.15, 0.2) is 0 Å². The Kier molecular flexibility index (Phi) is 6.11. The third kappa shape index (κ3) is 8.31. The van der Waals surface area contributed by atoms with Gasteiger partial charge in [-0.05, 0) is 32.4 Å². The highest BCUT2D eigenvalue weighted by molar-refractivity contribution is 4.66. The minimum absolute atomic E-state index is 0.362. The molecular formula is C9H19F3N2. The zero-order valence-electron chi connectivity index (χ0n) is 8.69. The molecule has 0 aromatic heterocycles. The van der Waals surface area contributed by atoms with Gasteiger partial charge in [0.2, 0.25) is 0 Å². The SMILES string of the molecule is CC(CN)CCNC(C)CC(F)(F)F. The van der Waals surface area contributed by atoms with Gasteiger partial charge in [0.25, 0.3) is 0 Å². The summed E-state index contributed by atoms with van der Waals surface area (Å²) in [5.74, 6) is 0.362. The van der Waals surface area contributed by atoms with Crippen molar-refractivity contribution in [2.75, 3.05) is 13.1 Å². The molecule has 0 radical (unpaired) electrons. The molecule has 0 spiro atoms. The minimum Gasteiger partial charge on any atom is -0.330 e. The van der Waals surface area contributed by atoms with Crippen molar-refractivity contribution in [2.45, 2.75) is 38.9 Å². The molecule has 0 bridgehead atoms. The Morgan fingerprint density at radius 1 is 1.29 bits per heavy atom. The quantitative estimate of drug-likeness (QED) is 0.705. The lowest BCUT2D eigenvalue weighted by Gasteiger charge is -2.16. The van der Waals surface area contributed by atoms with Crippen LogP contribution in [0.2, 0.25) is 0 Å². The second-order valence-electron chi connectivity index (χ2n) is 3.80. The van der Waals surface area contributed by atoms with Crippen LogP contribution in [0.5, 0.6) is 0 Å². The van der Waals surface area contributed by atoms with Crippen LogP contribution in [0.4, 0.5) is 13.2 Å². The fourth-order valence-corrected chi connectivity index (χ4v) is 1.11. The number of alkyl halides is 3. The molecule has 3 N–H and O–H groups in total. The Labute approximate surface area is 83.0 Å². The minimum atomic E-state index is -4.08. The van der Waals surface area contributed by atoms with Gasteiger partial charge in [-0.15, -0.1) is 0 Å². The number of nitrogens with two attached hydrogens (primary N) is 1. The first kappa shape index (κ1) is 13.7. The third-order valence-corrected chi connectivity index (χ3v) is 2.07. The fourth-order valence-electron chi connectivity index (χ4n) is 1.11. The molecule has 0 aromatic rings. The molecule has 5 heteroatoms. The van der Waals surface area contributed by atoms with E-state index in [1.807, 2.05) is 6.92 Å². The van der Waals surface area contributed by atoms with Crippen LogP contribution in [0.1, 0.15) is 26.7 Å². The molecule has 0 aromatic carbocycles. The maximum atomic E-state index is 11.9. The van der Waals surface area contributed by atoms with Gasteiger partial charge in [-0.1, -0.05) is 6.92 Å². The molecule has 86 valence electrons. The van der Waals surface area contributed by atoms with E-state index in [1.54, 1.807) is 6.92 Å². The normalized spacial score (nSPS) is 16.7. The summed E-state index contributed by atoms with van der Waals surface area (Å²) in [6.07, 6.45) is -4.03. The topological polar surface area (TPSA) is 38.0 Å². The lowest BCUT2D eigenvalue weighted by atomic mass is 10.1. The molecule has 14 heavy (non-hydrogen) atoms. The predicted octanol–water partition coefficient (Wildman–Crippen LogP) is 1.90. The van der Waals surface area contributed by atoms with Crippen molar-refractivity contribution >= 4 is 0 Å². The lowest BCUT2D eigenvalue weighted by molar-refractivity contribution is -0.139. The predicted molar refractivity (Wildman–Crippen MR) is 51.0 cm³/mol. The largest absolute Gasteiger partial charge is 0.390 e. The summed E-state index contributed by atoms with van der Waals surface area (Å²) in [5.41, 5.74) is 5.38. The van der Waals surface area contributed by atoms with Crippen molar-refractivity contribution < 1.29 is 13.2 Å². The summed E-state index contributed by atoms with van der Waals surface area (Å²) >= 11 is 0. The van der Waals surface area contributed by atoms with Crippen molar-refractivity contribution in [3.05, 3.63) is 0 Å². The Bertz CT molecular complexity index is 147. The summed E-state index contributed by atoms with van der Waals surface area (Å²) in [6.45, 7) is 4.70. The van der Waals surface area contributed by atoms with Crippen LogP contribution in [0.3, 0.4) is 0 Å². The zero-order chi connectivity index (χ0) is 11.2. The van der Waals surface area contributed by atoms with Gasteiger partial charge in [0.1, 0.15) is 0 Å². The molecule has 2 atom stereocenters. The van der Waals surface area contributed by atoms with Crippen LogP contribution >= 0.6 is 0 Å². The molecule has 0 aliphatic rings. The maximum Gasteiger partial charge on any atom is 0.390 e. The summed E-state index contributed by atoms with van der Waals surface area (Å²) < 4.78 is 35.7. The van der Waals surface area contributed by atoms with Crippen molar-refractivity contribution in [1.29, 1.82) is 0 Å². The van der Waals surface area contributed by atoms with Crippen molar-refractivity contribution in [3.63, 3.8) is 0 Å². The van der Waals surface area contributed by atoms with Gasteiger partial charge >= 0.3 is 6.18 Å². The Balaban J connectivity index is 3.50. The fraction of sp³-hybridized carbons (Fsp3) is 1.00. The Morgan fingerprint density at radius 3 is 2.29 bits per heavy atom. The highest BCUT2D eigenvalue weighted by Gasteiger charge is 2.29. The number of rotatable bonds is 6. The standard InChI is InChI=1S/C9H19F3N2/c1-7(6-13)3-4-14-8(2)5-9(10,11)12/h7-8,14H,3-6,13H2,1-2H3. The van der Waals surface area contributed by atoms with Crippen molar-refractivity contribution in [1.82, 2.24) is 5.32 Å². The molecule has 0 saturated heterocycles. The monoisotopic (exact) mass is 212 g/mol. The molecule has 0 heterocycles. The van der Waals surface area contributed by atoms with Gasteiger partial charge in [0.05, 0.1) is 6.42 Å². The van der Waals surface area contributed by atoms with Gasteiger partial charge < -0.3 is 11.1 Å². The van der Waals surface area contributed by atoms with Crippen LogP contribution in [-0.4, -0.2) is 25.3 Å². The highest BCUT2D eigenvalue weighted by Crippen LogP contribution is 2.21. The smallest absolute Gasteiger partial charge is 0.330 e. The average molecular weight is 212 g/mol. The number of hydrogen-bond acceptors (Lipinski definition) is 2. The second-order valence-corrected chi connectivity index (χ2v) is 3.80.